The van der Waals surface area contributed by atoms with E-state index in [1.807, 2.05) is 31.2 Å². The summed E-state index contributed by atoms with van der Waals surface area (Å²) in [6.07, 6.45) is 3.68. The lowest BCUT2D eigenvalue weighted by Crippen LogP contribution is -2.52. The maximum Gasteiger partial charge on any atom is 0.240 e. The van der Waals surface area contributed by atoms with Gasteiger partial charge in [-0.2, -0.15) is 0 Å². The van der Waals surface area contributed by atoms with Crippen molar-refractivity contribution >= 4 is 21.8 Å². The Bertz CT molecular complexity index is 441. The first kappa shape index (κ1) is 13.6. The quantitative estimate of drug-likeness (QED) is 0.902. The molecule has 1 saturated carbocycles. The van der Waals surface area contributed by atoms with Crippen molar-refractivity contribution in [3.63, 3.8) is 0 Å². The Morgan fingerprint density at radius 1 is 1.39 bits per heavy atom. The largest absolute Gasteiger partial charge is 0.348 e. The van der Waals surface area contributed by atoms with Gasteiger partial charge in [-0.25, -0.2) is 0 Å². The Morgan fingerprint density at radius 3 is 2.61 bits per heavy atom. The molecule has 1 amide bonds. The molecule has 2 rings (SSSR count). The van der Waals surface area contributed by atoms with Crippen molar-refractivity contribution in [3.8, 4) is 0 Å². The summed E-state index contributed by atoms with van der Waals surface area (Å²) in [5.41, 5.74) is 6.56. The molecule has 1 aliphatic rings. The Labute approximate surface area is 116 Å². The van der Waals surface area contributed by atoms with Crippen molar-refractivity contribution in [3.05, 3.63) is 34.3 Å². The molecular weight excluding hydrogens is 292 g/mol. The van der Waals surface area contributed by atoms with Crippen LogP contribution >= 0.6 is 15.9 Å². The van der Waals surface area contributed by atoms with E-state index >= 15 is 0 Å². The monoisotopic (exact) mass is 310 g/mol. The van der Waals surface area contributed by atoms with Crippen LogP contribution in [-0.2, 0) is 4.79 Å². The number of hydrogen-bond acceptors (Lipinski definition) is 2. The average Bonchev–Trinajstić information content (AvgIpc) is 2.78. The predicted octanol–water partition coefficient (Wildman–Crippen LogP) is 2.90. The summed E-state index contributed by atoms with van der Waals surface area (Å²) in [4.78, 5) is 12.2. The molecule has 0 bridgehead atoms. The normalized spacial score (nSPS) is 19.5. The van der Waals surface area contributed by atoms with Gasteiger partial charge in [0.2, 0.25) is 5.91 Å². The molecule has 1 unspecified atom stereocenters. The smallest absolute Gasteiger partial charge is 0.240 e. The number of benzene rings is 1. The minimum Gasteiger partial charge on any atom is -0.348 e. The molecule has 1 aliphatic carbocycles. The highest BCUT2D eigenvalue weighted by Gasteiger charge is 2.37. The van der Waals surface area contributed by atoms with E-state index in [-0.39, 0.29) is 11.9 Å². The molecule has 18 heavy (non-hydrogen) atoms. The Balaban J connectivity index is 2.06. The Kier molecular flexibility index (Phi) is 4.07. The maximum atomic E-state index is 12.2. The number of nitrogens with one attached hydrogen (secondary N) is 1. The highest BCUT2D eigenvalue weighted by atomic mass is 79.9. The van der Waals surface area contributed by atoms with E-state index in [0.717, 1.165) is 35.7 Å². The summed E-state index contributed by atoms with van der Waals surface area (Å²) < 4.78 is 1.01. The van der Waals surface area contributed by atoms with Gasteiger partial charge in [0.05, 0.1) is 11.6 Å². The van der Waals surface area contributed by atoms with Crippen molar-refractivity contribution in [2.75, 3.05) is 0 Å². The van der Waals surface area contributed by atoms with Crippen LogP contribution in [0.15, 0.2) is 28.7 Å². The van der Waals surface area contributed by atoms with E-state index in [2.05, 4.69) is 21.2 Å². The summed E-state index contributed by atoms with van der Waals surface area (Å²) in [6.45, 7) is 1.98. The van der Waals surface area contributed by atoms with Gasteiger partial charge in [-0.05, 0) is 31.4 Å². The second kappa shape index (κ2) is 5.41. The van der Waals surface area contributed by atoms with Gasteiger partial charge in [-0.15, -0.1) is 0 Å². The molecule has 4 heteroatoms. The van der Waals surface area contributed by atoms with Crippen molar-refractivity contribution in [2.24, 2.45) is 5.73 Å². The minimum absolute atomic E-state index is 0.0248. The second-order valence-electron chi connectivity index (χ2n) is 5.08. The van der Waals surface area contributed by atoms with E-state index in [0.29, 0.717) is 0 Å². The van der Waals surface area contributed by atoms with Crippen LogP contribution in [0, 0.1) is 0 Å². The molecule has 1 fully saturated rings. The number of halogens is 1. The third-order valence-electron chi connectivity index (χ3n) is 3.67. The van der Waals surface area contributed by atoms with E-state index in [9.17, 15) is 4.79 Å². The SMILES string of the molecule is CC(NC(=O)C1(N)CCCC1)c1ccccc1Br. The van der Waals surface area contributed by atoms with Gasteiger partial charge < -0.3 is 11.1 Å². The molecule has 0 spiro atoms. The molecule has 0 aliphatic heterocycles. The van der Waals surface area contributed by atoms with Crippen molar-refractivity contribution in [2.45, 2.75) is 44.2 Å². The molecule has 3 N–H and O–H groups in total. The fourth-order valence-electron chi connectivity index (χ4n) is 2.48. The van der Waals surface area contributed by atoms with Gasteiger partial charge >= 0.3 is 0 Å². The first-order valence-corrected chi connectivity index (χ1v) is 7.16. The van der Waals surface area contributed by atoms with Crippen molar-refractivity contribution in [1.29, 1.82) is 0 Å². The lowest BCUT2D eigenvalue weighted by molar-refractivity contribution is -0.126. The summed E-state index contributed by atoms with van der Waals surface area (Å²) >= 11 is 3.50. The van der Waals surface area contributed by atoms with Crippen LogP contribution in [0.5, 0.6) is 0 Å². The lowest BCUT2D eigenvalue weighted by Gasteiger charge is -2.25. The predicted molar refractivity (Wildman–Crippen MR) is 76.1 cm³/mol. The lowest BCUT2D eigenvalue weighted by atomic mass is 9.97. The number of nitrogens with two attached hydrogens (primary N) is 1. The van der Waals surface area contributed by atoms with Gasteiger partial charge in [-0.3, -0.25) is 4.79 Å². The van der Waals surface area contributed by atoms with Gasteiger partial charge in [0.25, 0.3) is 0 Å². The molecule has 0 aromatic heterocycles. The summed E-state index contributed by atoms with van der Waals surface area (Å²) in [5, 5.41) is 3.03. The first-order valence-electron chi connectivity index (χ1n) is 6.37. The average molecular weight is 311 g/mol. The zero-order chi connectivity index (χ0) is 13.2. The van der Waals surface area contributed by atoms with E-state index in [1.54, 1.807) is 0 Å². The van der Waals surface area contributed by atoms with E-state index < -0.39 is 5.54 Å². The summed E-state index contributed by atoms with van der Waals surface area (Å²) in [7, 11) is 0. The molecular formula is C14H19BrN2O. The zero-order valence-corrected chi connectivity index (χ0v) is 12.2. The highest BCUT2D eigenvalue weighted by molar-refractivity contribution is 9.10. The van der Waals surface area contributed by atoms with Crippen LogP contribution in [0.4, 0.5) is 0 Å². The minimum atomic E-state index is -0.657. The van der Waals surface area contributed by atoms with Gasteiger partial charge in [0.15, 0.2) is 0 Å². The third-order valence-corrected chi connectivity index (χ3v) is 4.39. The number of carbonyl (C=O) groups excluding carboxylic acids is 1. The molecule has 0 saturated heterocycles. The summed E-state index contributed by atoms with van der Waals surface area (Å²) in [5.74, 6) is -0.0248. The van der Waals surface area contributed by atoms with Crippen LogP contribution < -0.4 is 11.1 Å². The van der Waals surface area contributed by atoms with Crippen LogP contribution in [0.1, 0.15) is 44.2 Å². The van der Waals surface area contributed by atoms with E-state index in [1.165, 1.54) is 0 Å². The zero-order valence-electron chi connectivity index (χ0n) is 10.6. The Morgan fingerprint density at radius 2 is 2.00 bits per heavy atom. The Hall–Kier alpha value is -0.870. The van der Waals surface area contributed by atoms with Gasteiger partial charge in [0, 0.05) is 4.47 Å². The fourth-order valence-corrected chi connectivity index (χ4v) is 3.11. The third kappa shape index (κ3) is 2.75. The maximum absolute atomic E-state index is 12.2. The molecule has 0 heterocycles. The second-order valence-corrected chi connectivity index (χ2v) is 5.93. The number of amides is 1. The molecule has 1 aromatic rings. The first-order chi connectivity index (χ1) is 8.53. The standard InChI is InChI=1S/C14H19BrN2O/c1-10(11-6-2-3-7-12(11)15)17-13(18)14(16)8-4-5-9-14/h2-3,6-7,10H,4-5,8-9,16H2,1H3,(H,17,18). The molecule has 98 valence electrons. The molecule has 3 nitrogen and oxygen atoms in total. The van der Waals surface area contributed by atoms with Gasteiger partial charge in [-0.1, -0.05) is 47.0 Å². The fraction of sp³-hybridized carbons (Fsp3) is 0.500. The van der Waals surface area contributed by atoms with Gasteiger partial charge in [0.1, 0.15) is 0 Å². The molecule has 1 atom stereocenters. The molecule has 0 radical (unpaired) electrons. The number of carbonyl (C=O) groups is 1. The van der Waals surface area contributed by atoms with Crippen LogP contribution in [-0.4, -0.2) is 11.4 Å². The topological polar surface area (TPSA) is 55.1 Å². The van der Waals surface area contributed by atoms with E-state index in [4.69, 9.17) is 5.73 Å². The van der Waals surface area contributed by atoms with Crippen molar-refractivity contribution < 1.29 is 4.79 Å². The highest BCUT2D eigenvalue weighted by Crippen LogP contribution is 2.29. The van der Waals surface area contributed by atoms with Crippen LogP contribution in [0.3, 0.4) is 0 Å². The van der Waals surface area contributed by atoms with Crippen LogP contribution in [0.25, 0.3) is 0 Å². The van der Waals surface area contributed by atoms with Crippen molar-refractivity contribution in [1.82, 2.24) is 5.32 Å². The van der Waals surface area contributed by atoms with Crippen LogP contribution in [0.2, 0.25) is 0 Å². The summed E-state index contributed by atoms with van der Waals surface area (Å²) in [6, 6.07) is 7.88. The molecule has 1 aromatic carbocycles. The number of rotatable bonds is 3. The number of hydrogen-bond donors (Lipinski definition) is 2.